The van der Waals surface area contributed by atoms with E-state index in [1.54, 1.807) is 55.8 Å². The summed E-state index contributed by atoms with van der Waals surface area (Å²) >= 11 is 0. The number of rotatable bonds is 12. The number of amides is 2. The van der Waals surface area contributed by atoms with Gasteiger partial charge >= 0.3 is 0 Å². The molecule has 1 saturated heterocycles. The number of nitrogens with one attached hydrogen (secondary N) is 3. The first kappa shape index (κ1) is 30.9. The van der Waals surface area contributed by atoms with Crippen LogP contribution in [0.15, 0.2) is 72.9 Å². The van der Waals surface area contributed by atoms with E-state index >= 15 is 4.39 Å². The summed E-state index contributed by atoms with van der Waals surface area (Å²) in [4.78, 5) is 30.5. The first-order chi connectivity index (χ1) is 22.9. The molecular formula is C36H37FN4O6. The number of nitrogens with zero attached hydrogens (tertiary/aromatic N) is 1. The van der Waals surface area contributed by atoms with Gasteiger partial charge in [0.25, 0.3) is 0 Å². The van der Waals surface area contributed by atoms with Crippen molar-refractivity contribution in [3.05, 3.63) is 78.7 Å². The molecule has 47 heavy (non-hydrogen) atoms. The maximum absolute atomic E-state index is 15.2. The van der Waals surface area contributed by atoms with Crippen molar-refractivity contribution in [1.82, 2.24) is 10.3 Å². The van der Waals surface area contributed by atoms with E-state index in [-0.39, 0.29) is 17.0 Å². The number of halogens is 1. The minimum absolute atomic E-state index is 0.0378. The highest BCUT2D eigenvalue weighted by molar-refractivity contribution is 6.17. The highest BCUT2D eigenvalue weighted by Crippen LogP contribution is 2.48. The average molecular weight is 641 g/mol. The highest BCUT2D eigenvalue weighted by atomic mass is 19.1. The van der Waals surface area contributed by atoms with Crippen LogP contribution in [0.1, 0.15) is 38.5 Å². The molecule has 0 bridgehead atoms. The van der Waals surface area contributed by atoms with Crippen LogP contribution in [0.3, 0.4) is 0 Å². The van der Waals surface area contributed by atoms with E-state index in [0.29, 0.717) is 59.3 Å². The van der Waals surface area contributed by atoms with Crippen LogP contribution in [-0.4, -0.2) is 55.3 Å². The molecule has 11 heteroatoms. The predicted octanol–water partition coefficient (Wildman–Crippen LogP) is 6.21. The SMILES string of the molecule is COc1cc2c(Oc3ccc(NC(=O)C4(C(=O)Nc5ccccc5)CC4)c(F)c3)ccnc2cc1OCC1(NC2CCOCC2)CC1. The van der Waals surface area contributed by atoms with Crippen LogP contribution in [0.25, 0.3) is 10.9 Å². The van der Waals surface area contributed by atoms with Gasteiger partial charge in [-0.3, -0.25) is 14.6 Å². The molecule has 10 nitrogen and oxygen atoms in total. The zero-order chi connectivity index (χ0) is 32.4. The second-order valence-electron chi connectivity index (χ2n) is 12.5. The Balaban J connectivity index is 1.02. The predicted molar refractivity (Wildman–Crippen MR) is 175 cm³/mol. The van der Waals surface area contributed by atoms with Crippen LogP contribution < -0.4 is 30.2 Å². The van der Waals surface area contributed by atoms with Gasteiger partial charge in [0.1, 0.15) is 29.3 Å². The fourth-order valence-electron chi connectivity index (χ4n) is 5.95. The zero-order valence-electron chi connectivity index (χ0n) is 26.1. The Bertz CT molecular complexity index is 1790. The average Bonchev–Trinajstić information content (AvgIpc) is 4.03. The molecule has 2 aliphatic carbocycles. The van der Waals surface area contributed by atoms with Crippen molar-refractivity contribution < 1.29 is 32.9 Å². The summed E-state index contributed by atoms with van der Waals surface area (Å²) in [6.45, 7) is 2.09. The van der Waals surface area contributed by atoms with Crippen molar-refractivity contribution in [2.24, 2.45) is 5.41 Å². The highest BCUT2D eigenvalue weighted by Gasteiger charge is 2.56. The molecule has 0 radical (unpaired) electrons. The molecule has 3 aliphatic rings. The van der Waals surface area contributed by atoms with E-state index < -0.39 is 23.0 Å². The van der Waals surface area contributed by atoms with Crippen LogP contribution in [0.2, 0.25) is 0 Å². The third-order valence-electron chi connectivity index (χ3n) is 9.14. The summed E-state index contributed by atoms with van der Waals surface area (Å²) in [6, 6.07) is 18.8. The van der Waals surface area contributed by atoms with Gasteiger partial charge in [0.05, 0.1) is 23.9 Å². The molecule has 2 saturated carbocycles. The quantitative estimate of drug-likeness (QED) is 0.156. The van der Waals surface area contributed by atoms with Gasteiger partial charge in [-0.1, -0.05) is 18.2 Å². The summed E-state index contributed by atoms with van der Waals surface area (Å²) < 4.78 is 38.8. The van der Waals surface area contributed by atoms with Crippen LogP contribution in [0.4, 0.5) is 15.8 Å². The number of benzene rings is 3. The molecule has 0 atom stereocenters. The number of carbonyl (C=O) groups excluding carboxylic acids is 2. The van der Waals surface area contributed by atoms with Crippen molar-refractivity contribution in [3.8, 4) is 23.0 Å². The normalized spacial score (nSPS) is 17.8. The molecule has 1 aromatic heterocycles. The van der Waals surface area contributed by atoms with E-state index in [1.165, 1.54) is 12.1 Å². The third kappa shape index (κ3) is 6.72. The largest absolute Gasteiger partial charge is 0.493 e. The summed E-state index contributed by atoms with van der Waals surface area (Å²) in [5, 5.41) is 9.81. The molecule has 0 spiro atoms. The number of hydrogen-bond donors (Lipinski definition) is 3. The molecule has 3 aromatic carbocycles. The lowest BCUT2D eigenvalue weighted by Crippen LogP contribution is -2.46. The zero-order valence-corrected chi connectivity index (χ0v) is 26.1. The van der Waals surface area contributed by atoms with Gasteiger partial charge in [0, 0.05) is 48.7 Å². The lowest BCUT2D eigenvalue weighted by atomic mass is 10.0. The minimum Gasteiger partial charge on any atom is -0.493 e. The topological polar surface area (TPSA) is 120 Å². The number of hydrogen-bond acceptors (Lipinski definition) is 8. The number of fused-ring (bicyclic) bond motifs is 1. The monoisotopic (exact) mass is 640 g/mol. The number of para-hydroxylation sites is 1. The Morgan fingerprint density at radius 3 is 2.38 bits per heavy atom. The minimum atomic E-state index is -1.23. The molecule has 2 amide bonds. The molecule has 0 unspecified atom stereocenters. The maximum Gasteiger partial charge on any atom is 0.240 e. The molecule has 7 rings (SSSR count). The van der Waals surface area contributed by atoms with Crippen LogP contribution >= 0.6 is 0 Å². The van der Waals surface area contributed by atoms with Gasteiger partial charge in [0.2, 0.25) is 11.8 Å². The number of ether oxygens (including phenoxy) is 4. The van der Waals surface area contributed by atoms with E-state index in [1.807, 2.05) is 12.1 Å². The van der Waals surface area contributed by atoms with Crippen molar-refractivity contribution >= 4 is 34.1 Å². The Kier molecular flexibility index (Phi) is 8.42. The second kappa shape index (κ2) is 12.8. The van der Waals surface area contributed by atoms with E-state index in [0.717, 1.165) is 38.9 Å². The molecule has 3 N–H and O–H groups in total. The molecule has 244 valence electrons. The lowest BCUT2D eigenvalue weighted by molar-refractivity contribution is -0.131. The number of carbonyl (C=O) groups is 2. The van der Waals surface area contributed by atoms with E-state index in [9.17, 15) is 9.59 Å². The maximum atomic E-state index is 15.2. The molecule has 4 aromatic rings. The third-order valence-corrected chi connectivity index (χ3v) is 9.14. The number of anilines is 2. The van der Waals surface area contributed by atoms with Gasteiger partial charge in [-0.05, 0) is 74.9 Å². The van der Waals surface area contributed by atoms with Gasteiger partial charge in [-0.25, -0.2) is 4.39 Å². The Hall–Kier alpha value is -4.74. The first-order valence-electron chi connectivity index (χ1n) is 16.0. The summed E-state index contributed by atoms with van der Waals surface area (Å²) in [7, 11) is 1.58. The smallest absolute Gasteiger partial charge is 0.240 e. The van der Waals surface area contributed by atoms with Crippen molar-refractivity contribution in [3.63, 3.8) is 0 Å². The van der Waals surface area contributed by atoms with Crippen LogP contribution in [-0.2, 0) is 14.3 Å². The molecular weight excluding hydrogens is 603 g/mol. The summed E-state index contributed by atoms with van der Waals surface area (Å²) in [5.74, 6) is 0.152. The van der Waals surface area contributed by atoms with Gasteiger partial charge in [-0.15, -0.1) is 0 Å². The van der Waals surface area contributed by atoms with Crippen molar-refractivity contribution in [2.45, 2.75) is 50.1 Å². The van der Waals surface area contributed by atoms with Crippen LogP contribution in [0.5, 0.6) is 23.0 Å². The Morgan fingerprint density at radius 2 is 1.68 bits per heavy atom. The second-order valence-corrected chi connectivity index (χ2v) is 12.5. The molecule has 1 aliphatic heterocycles. The Morgan fingerprint density at radius 1 is 0.915 bits per heavy atom. The number of aromatic nitrogens is 1. The van der Waals surface area contributed by atoms with Gasteiger partial charge in [-0.2, -0.15) is 0 Å². The number of methoxy groups -OCH3 is 1. The molecule has 2 heterocycles. The fourth-order valence-corrected chi connectivity index (χ4v) is 5.95. The van der Waals surface area contributed by atoms with Crippen molar-refractivity contribution in [2.75, 3.05) is 37.6 Å². The standard InChI is InChI=1S/C36H37FN4O6/c1-44-31-20-26-29(21-32(31)46-22-35(12-13-35)41-24-10-17-45-18-11-24)38-16-9-30(26)47-25-7-8-28(27(37)19-25)40-34(43)36(14-15-36)33(42)39-23-5-3-2-4-6-23/h2-9,16,19-21,24,41H,10-15,17-18,22H2,1H3,(H,39,42)(H,40,43). The fraction of sp³-hybridized carbons (Fsp3) is 0.361. The number of pyridine rings is 1. The van der Waals surface area contributed by atoms with E-state index in [2.05, 4.69) is 20.9 Å². The summed E-state index contributed by atoms with van der Waals surface area (Å²) in [6.07, 6.45) is 6.51. The summed E-state index contributed by atoms with van der Waals surface area (Å²) in [5.41, 5.74) is -0.0731. The van der Waals surface area contributed by atoms with Crippen molar-refractivity contribution in [1.29, 1.82) is 0 Å². The Labute approximate surface area is 271 Å². The van der Waals surface area contributed by atoms with Gasteiger partial charge in [0.15, 0.2) is 11.5 Å². The van der Waals surface area contributed by atoms with Gasteiger partial charge < -0.3 is 34.9 Å². The van der Waals surface area contributed by atoms with Crippen LogP contribution in [0, 0.1) is 11.2 Å². The first-order valence-corrected chi connectivity index (χ1v) is 16.0. The lowest BCUT2D eigenvalue weighted by Gasteiger charge is -2.28. The molecule has 3 fully saturated rings. The van der Waals surface area contributed by atoms with E-state index in [4.69, 9.17) is 18.9 Å².